The largest absolute Gasteiger partial charge is 0.507 e. The van der Waals surface area contributed by atoms with E-state index >= 15 is 0 Å². The molecule has 0 amide bonds. The predicted octanol–water partition coefficient (Wildman–Crippen LogP) is 7.85. The Morgan fingerprint density at radius 3 is 1.79 bits per heavy atom. The number of aliphatic imine (C=N–C) groups is 2. The summed E-state index contributed by atoms with van der Waals surface area (Å²) in [5.41, 5.74) is 3.09. The average molecular weight is 504 g/mol. The maximum atomic E-state index is 11.1. The van der Waals surface area contributed by atoms with Crippen LogP contribution in [0.1, 0.15) is 89.5 Å². The van der Waals surface area contributed by atoms with Gasteiger partial charge < -0.3 is 10.2 Å². The molecule has 1 aliphatic carbocycles. The molecule has 2 aromatic rings. The molecule has 0 unspecified atom stereocenters. The van der Waals surface area contributed by atoms with Crippen molar-refractivity contribution in [2.45, 2.75) is 90.1 Å². The summed E-state index contributed by atoms with van der Waals surface area (Å²) >= 11 is 12.1. The quantitative estimate of drug-likeness (QED) is 0.417. The van der Waals surface area contributed by atoms with Crippen LogP contribution in [0.25, 0.3) is 0 Å². The van der Waals surface area contributed by atoms with Crippen LogP contribution in [0.15, 0.2) is 34.3 Å². The first-order valence-corrected chi connectivity index (χ1v) is 12.7. The van der Waals surface area contributed by atoms with Crippen molar-refractivity contribution >= 4 is 35.6 Å². The van der Waals surface area contributed by atoms with Gasteiger partial charge in [-0.25, -0.2) is 0 Å². The molecule has 0 spiro atoms. The Morgan fingerprint density at radius 2 is 1.29 bits per heavy atom. The van der Waals surface area contributed by atoms with E-state index in [1.54, 1.807) is 12.3 Å². The Morgan fingerprint density at radius 1 is 0.765 bits per heavy atom. The fourth-order valence-corrected chi connectivity index (χ4v) is 4.75. The number of rotatable bonds is 4. The van der Waals surface area contributed by atoms with Crippen molar-refractivity contribution in [1.82, 2.24) is 0 Å². The van der Waals surface area contributed by atoms with Crippen molar-refractivity contribution in [3.8, 4) is 11.5 Å². The van der Waals surface area contributed by atoms with E-state index in [0.717, 1.165) is 36.8 Å². The fourth-order valence-electron chi connectivity index (χ4n) is 4.24. The normalized spacial score (nSPS) is 19.9. The first kappa shape index (κ1) is 26.6. The molecule has 0 aromatic heterocycles. The summed E-state index contributed by atoms with van der Waals surface area (Å²) in [5, 5.41) is 22.0. The Labute approximate surface area is 213 Å². The maximum absolute atomic E-state index is 11.1. The van der Waals surface area contributed by atoms with Crippen molar-refractivity contribution in [2.75, 3.05) is 0 Å². The van der Waals surface area contributed by atoms with Crippen LogP contribution >= 0.6 is 23.2 Å². The summed E-state index contributed by atoms with van der Waals surface area (Å²) in [6, 6.07) is 7.30. The highest BCUT2D eigenvalue weighted by Crippen LogP contribution is 2.37. The molecule has 4 nitrogen and oxygen atoms in total. The number of hydrogen-bond acceptors (Lipinski definition) is 4. The number of halogens is 2. The third-order valence-electron chi connectivity index (χ3n) is 6.38. The van der Waals surface area contributed by atoms with Crippen LogP contribution in [-0.4, -0.2) is 34.7 Å². The van der Waals surface area contributed by atoms with Gasteiger partial charge in [0.15, 0.2) is 0 Å². The molecule has 34 heavy (non-hydrogen) atoms. The molecule has 3 rings (SSSR count). The smallest absolute Gasteiger partial charge is 0.143 e. The highest BCUT2D eigenvalue weighted by molar-refractivity contribution is 6.36. The fraction of sp³-hybridized carbons (Fsp3) is 0.500. The zero-order chi connectivity index (χ0) is 25.3. The van der Waals surface area contributed by atoms with Crippen molar-refractivity contribution in [3.05, 3.63) is 56.6 Å². The Kier molecular flexibility index (Phi) is 8.04. The lowest BCUT2D eigenvalue weighted by Gasteiger charge is -2.27. The molecule has 1 saturated carbocycles. The van der Waals surface area contributed by atoms with E-state index in [1.807, 2.05) is 12.3 Å². The third-order valence-corrected chi connectivity index (χ3v) is 6.88. The van der Waals surface area contributed by atoms with Crippen molar-refractivity contribution in [1.29, 1.82) is 0 Å². The zero-order valence-electron chi connectivity index (χ0n) is 21.0. The summed E-state index contributed by atoms with van der Waals surface area (Å²) in [7, 11) is 0. The van der Waals surface area contributed by atoms with Crippen molar-refractivity contribution in [3.63, 3.8) is 0 Å². The summed E-state index contributed by atoms with van der Waals surface area (Å²) in [6.07, 6.45) is 7.45. The van der Waals surface area contributed by atoms with Crippen LogP contribution in [0.3, 0.4) is 0 Å². The summed E-state index contributed by atoms with van der Waals surface area (Å²) in [5.74, 6) is 0.267. The number of nitrogens with zero attached hydrogens (tertiary/aromatic N) is 2. The second kappa shape index (κ2) is 10.3. The lowest BCUT2D eigenvalue weighted by molar-refractivity contribution is 0.390. The minimum absolute atomic E-state index is 0.00224. The van der Waals surface area contributed by atoms with Gasteiger partial charge in [-0.15, -0.1) is 0 Å². The van der Waals surface area contributed by atoms with Crippen LogP contribution in [0.4, 0.5) is 0 Å². The Balaban J connectivity index is 1.93. The van der Waals surface area contributed by atoms with E-state index in [4.69, 9.17) is 33.2 Å². The number of benzene rings is 2. The van der Waals surface area contributed by atoms with Gasteiger partial charge in [-0.2, -0.15) is 0 Å². The molecule has 2 N–H and O–H groups in total. The van der Waals surface area contributed by atoms with E-state index in [1.165, 1.54) is 11.6 Å². The van der Waals surface area contributed by atoms with Gasteiger partial charge >= 0.3 is 0 Å². The highest BCUT2D eigenvalue weighted by Gasteiger charge is 2.26. The van der Waals surface area contributed by atoms with Gasteiger partial charge in [0.2, 0.25) is 0 Å². The van der Waals surface area contributed by atoms with Crippen molar-refractivity contribution in [2.24, 2.45) is 9.98 Å². The molecule has 184 valence electrons. The molecule has 1 aliphatic rings. The van der Waals surface area contributed by atoms with Crippen LogP contribution in [0, 0.1) is 0 Å². The number of phenolic OH excluding ortho intramolecular Hbond substituents is 2. The van der Waals surface area contributed by atoms with Gasteiger partial charge in [0.25, 0.3) is 0 Å². The molecule has 2 aromatic carbocycles. The molecule has 2 atom stereocenters. The van der Waals surface area contributed by atoms with E-state index in [9.17, 15) is 10.2 Å². The zero-order valence-corrected chi connectivity index (χ0v) is 22.5. The number of aromatic hydroxyl groups is 2. The average Bonchev–Trinajstić information content (AvgIpc) is 2.73. The van der Waals surface area contributed by atoms with Gasteiger partial charge in [0.1, 0.15) is 11.5 Å². The summed E-state index contributed by atoms with van der Waals surface area (Å²) < 4.78 is 0. The lowest BCUT2D eigenvalue weighted by Crippen LogP contribution is -2.27. The maximum Gasteiger partial charge on any atom is 0.143 e. The molecule has 0 heterocycles. The standard InChI is InChI=1S/C28H36Cl2N2O2/c1-27(2,3)19-11-17(25(33)21(13-19)28(4,5)6)15-31-23-9-7-8-10-24(23)32-16-18-12-20(29)14-22(30)26(18)34/h11-16,23-24,33-34H,7-10H2,1-6H3/t23-,24-/m1/s1. The molecule has 0 aliphatic heterocycles. The van der Waals surface area contributed by atoms with Gasteiger partial charge in [-0.1, -0.05) is 83.7 Å². The van der Waals surface area contributed by atoms with Crippen LogP contribution in [-0.2, 0) is 10.8 Å². The molecule has 0 radical (unpaired) electrons. The van der Waals surface area contributed by atoms with E-state index in [-0.39, 0.29) is 33.7 Å². The van der Waals surface area contributed by atoms with E-state index in [2.05, 4.69) is 47.6 Å². The molecular weight excluding hydrogens is 467 g/mol. The van der Waals surface area contributed by atoms with Gasteiger partial charge in [0, 0.05) is 34.1 Å². The first-order chi connectivity index (χ1) is 15.8. The molecular formula is C28H36Cl2N2O2. The van der Waals surface area contributed by atoms with Gasteiger partial charge in [-0.3, -0.25) is 9.98 Å². The Bertz CT molecular complexity index is 1100. The number of hydrogen-bond donors (Lipinski definition) is 2. The second-order valence-electron chi connectivity index (χ2n) is 11.3. The van der Waals surface area contributed by atoms with E-state index in [0.29, 0.717) is 16.3 Å². The second-order valence-corrected chi connectivity index (χ2v) is 12.1. The molecule has 0 bridgehead atoms. The number of phenols is 2. The highest BCUT2D eigenvalue weighted by atomic mass is 35.5. The van der Waals surface area contributed by atoms with Crippen molar-refractivity contribution < 1.29 is 10.2 Å². The first-order valence-electron chi connectivity index (χ1n) is 11.9. The summed E-state index contributed by atoms with van der Waals surface area (Å²) in [6.45, 7) is 12.9. The van der Waals surface area contributed by atoms with Crippen LogP contribution in [0.5, 0.6) is 11.5 Å². The van der Waals surface area contributed by atoms with E-state index < -0.39 is 0 Å². The minimum Gasteiger partial charge on any atom is -0.507 e. The Hall–Kier alpha value is -2.04. The SMILES string of the molecule is CC(C)(C)c1cc(C=N[C@@H]2CCCC[C@H]2N=Cc2cc(Cl)cc(Cl)c2O)c(O)c(C(C)(C)C)c1. The predicted molar refractivity (Wildman–Crippen MR) is 145 cm³/mol. The molecule has 0 saturated heterocycles. The molecule has 1 fully saturated rings. The molecule has 6 heteroatoms. The third kappa shape index (κ3) is 6.34. The monoisotopic (exact) mass is 502 g/mol. The van der Waals surface area contributed by atoms with Gasteiger partial charge in [0.05, 0.1) is 17.1 Å². The van der Waals surface area contributed by atoms with Gasteiger partial charge in [-0.05, 0) is 47.4 Å². The van der Waals surface area contributed by atoms with Crippen LogP contribution < -0.4 is 0 Å². The lowest BCUT2D eigenvalue weighted by atomic mass is 9.79. The summed E-state index contributed by atoms with van der Waals surface area (Å²) in [4.78, 5) is 9.65. The minimum atomic E-state index is -0.189. The topological polar surface area (TPSA) is 65.2 Å². The van der Waals surface area contributed by atoms with Crippen LogP contribution in [0.2, 0.25) is 10.0 Å².